The van der Waals surface area contributed by atoms with E-state index in [-0.39, 0.29) is 4.90 Å². The molecule has 1 N–H and O–H groups in total. The van der Waals surface area contributed by atoms with Crippen LogP contribution in [0.4, 0.5) is 5.69 Å². The lowest BCUT2D eigenvalue weighted by atomic mass is 10.1. The highest BCUT2D eigenvalue weighted by Gasteiger charge is 2.12. The average molecular weight is 353 g/mol. The maximum absolute atomic E-state index is 12.1. The Kier molecular flexibility index (Phi) is 6.04. The molecule has 4 nitrogen and oxygen atoms in total. The summed E-state index contributed by atoms with van der Waals surface area (Å²) in [7, 11) is 0.536. The molecular formula is C17H21ClN2O2S. The minimum atomic E-state index is -3.46. The molecule has 0 heterocycles. The second-order valence-electron chi connectivity index (χ2n) is 5.52. The number of sulfonamides is 1. The van der Waals surface area contributed by atoms with Crippen LogP contribution in [0.25, 0.3) is 0 Å². The van der Waals surface area contributed by atoms with Crippen molar-refractivity contribution in [3.05, 3.63) is 59.1 Å². The smallest absolute Gasteiger partial charge is 0.240 e. The fourth-order valence-corrected chi connectivity index (χ4v) is 3.36. The van der Waals surface area contributed by atoms with E-state index in [1.165, 1.54) is 17.7 Å². The zero-order valence-electron chi connectivity index (χ0n) is 13.3. The highest BCUT2D eigenvalue weighted by atomic mass is 35.5. The Hall–Kier alpha value is -1.56. The molecule has 0 saturated heterocycles. The summed E-state index contributed by atoms with van der Waals surface area (Å²) in [5.74, 6) is 0. The van der Waals surface area contributed by atoms with Crippen LogP contribution in [0.3, 0.4) is 0 Å². The third kappa shape index (κ3) is 5.23. The summed E-state index contributed by atoms with van der Waals surface area (Å²) in [5, 5.41) is 0.519. The Balaban J connectivity index is 1.83. The number of halogens is 1. The van der Waals surface area contributed by atoms with E-state index in [4.69, 9.17) is 11.6 Å². The van der Waals surface area contributed by atoms with Gasteiger partial charge in [-0.15, -0.1) is 0 Å². The molecule has 0 amide bonds. The van der Waals surface area contributed by atoms with Crippen LogP contribution in [0.5, 0.6) is 0 Å². The fraction of sp³-hybridized carbons (Fsp3) is 0.294. The van der Waals surface area contributed by atoms with Gasteiger partial charge in [0.1, 0.15) is 0 Å². The maximum atomic E-state index is 12.1. The number of rotatable bonds is 7. The molecule has 0 spiro atoms. The van der Waals surface area contributed by atoms with Crippen molar-refractivity contribution in [3.8, 4) is 0 Å². The molecule has 0 aromatic heterocycles. The van der Waals surface area contributed by atoms with Crippen LogP contribution >= 0.6 is 11.6 Å². The van der Waals surface area contributed by atoms with Crippen molar-refractivity contribution in [1.29, 1.82) is 0 Å². The summed E-state index contributed by atoms with van der Waals surface area (Å²) in [4.78, 5) is 2.28. The summed E-state index contributed by atoms with van der Waals surface area (Å²) in [6.45, 7) is 0.403. The first-order valence-corrected chi connectivity index (χ1v) is 9.26. The molecule has 23 heavy (non-hydrogen) atoms. The molecule has 6 heteroatoms. The van der Waals surface area contributed by atoms with Crippen LogP contribution in [0.1, 0.15) is 12.0 Å². The summed E-state index contributed by atoms with van der Waals surface area (Å²) in [6, 6.07) is 14.4. The first kappa shape index (κ1) is 17.8. The van der Waals surface area contributed by atoms with Crippen LogP contribution in [-0.4, -0.2) is 29.1 Å². The van der Waals surface area contributed by atoms with Crippen molar-refractivity contribution in [1.82, 2.24) is 4.72 Å². The van der Waals surface area contributed by atoms with Gasteiger partial charge in [0.15, 0.2) is 0 Å². The molecule has 0 aliphatic rings. The van der Waals surface area contributed by atoms with E-state index in [2.05, 4.69) is 29.0 Å². The molecule has 0 radical (unpaired) electrons. The second-order valence-corrected chi connectivity index (χ2v) is 7.72. The predicted molar refractivity (Wildman–Crippen MR) is 95.7 cm³/mol. The minimum Gasteiger partial charge on any atom is -0.378 e. The number of anilines is 1. The van der Waals surface area contributed by atoms with Crippen LogP contribution in [-0.2, 0) is 16.4 Å². The number of nitrogens with zero attached hydrogens (tertiary/aromatic N) is 1. The molecule has 2 aromatic rings. The summed E-state index contributed by atoms with van der Waals surface area (Å²) in [5.41, 5.74) is 2.35. The molecule has 124 valence electrons. The van der Waals surface area contributed by atoms with Crippen LogP contribution in [0, 0.1) is 0 Å². The molecule has 0 aliphatic carbocycles. The highest BCUT2D eigenvalue weighted by Crippen LogP contribution is 2.15. The van der Waals surface area contributed by atoms with E-state index >= 15 is 0 Å². The Morgan fingerprint density at radius 3 is 2.17 bits per heavy atom. The van der Waals surface area contributed by atoms with E-state index in [9.17, 15) is 8.42 Å². The zero-order chi connectivity index (χ0) is 16.9. The standard InChI is InChI=1S/C17H21ClN2O2S/c1-20(2)16-9-5-14(6-10-16)4-3-13-19-23(21,22)17-11-7-15(18)8-12-17/h5-12,19H,3-4,13H2,1-2H3. The fourth-order valence-electron chi connectivity index (χ4n) is 2.16. The van der Waals surface area contributed by atoms with Gasteiger partial charge in [0.25, 0.3) is 0 Å². The molecule has 0 saturated carbocycles. The van der Waals surface area contributed by atoms with E-state index in [1.807, 2.05) is 19.0 Å². The van der Waals surface area contributed by atoms with E-state index < -0.39 is 10.0 Å². The van der Waals surface area contributed by atoms with Gasteiger partial charge in [0, 0.05) is 31.4 Å². The molecule has 0 unspecified atom stereocenters. The van der Waals surface area contributed by atoms with Gasteiger partial charge in [-0.25, -0.2) is 13.1 Å². The molecular weight excluding hydrogens is 332 g/mol. The molecule has 0 bridgehead atoms. The van der Waals surface area contributed by atoms with Gasteiger partial charge >= 0.3 is 0 Å². The monoisotopic (exact) mass is 352 g/mol. The number of nitrogens with one attached hydrogen (secondary N) is 1. The van der Waals surface area contributed by atoms with Crippen molar-refractivity contribution in [2.24, 2.45) is 0 Å². The largest absolute Gasteiger partial charge is 0.378 e. The lowest BCUT2D eigenvalue weighted by Crippen LogP contribution is -2.25. The molecule has 0 fully saturated rings. The van der Waals surface area contributed by atoms with Gasteiger partial charge in [-0.05, 0) is 54.8 Å². The Morgan fingerprint density at radius 1 is 1.00 bits per heavy atom. The van der Waals surface area contributed by atoms with Crippen molar-refractivity contribution < 1.29 is 8.42 Å². The number of benzene rings is 2. The van der Waals surface area contributed by atoms with Crippen molar-refractivity contribution >= 4 is 27.3 Å². The van der Waals surface area contributed by atoms with E-state index in [0.717, 1.165) is 18.5 Å². The summed E-state index contributed by atoms with van der Waals surface area (Å²) < 4.78 is 26.8. The van der Waals surface area contributed by atoms with Crippen molar-refractivity contribution in [2.75, 3.05) is 25.5 Å². The molecule has 2 rings (SSSR count). The highest BCUT2D eigenvalue weighted by molar-refractivity contribution is 7.89. The van der Waals surface area contributed by atoms with Gasteiger partial charge in [0.2, 0.25) is 10.0 Å². The average Bonchev–Trinajstić information content (AvgIpc) is 2.52. The first-order chi connectivity index (χ1) is 10.9. The van der Waals surface area contributed by atoms with Gasteiger partial charge in [-0.2, -0.15) is 0 Å². The van der Waals surface area contributed by atoms with Crippen LogP contribution in [0.2, 0.25) is 5.02 Å². The van der Waals surface area contributed by atoms with E-state index in [0.29, 0.717) is 11.6 Å². The lowest BCUT2D eigenvalue weighted by Gasteiger charge is -2.12. The molecule has 0 atom stereocenters. The zero-order valence-corrected chi connectivity index (χ0v) is 14.9. The third-order valence-corrected chi connectivity index (χ3v) is 5.24. The molecule has 2 aromatic carbocycles. The van der Waals surface area contributed by atoms with Crippen molar-refractivity contribution in [2.45, 2.75) is 17.7 Å². The maximum Gasteiger partial charge on any atom is 0.240 e. The van der Waals surface area contributed by atoms with Gasteiger partial charge in [-0.3, -0.25) is 0 Å². The minimum absolute atomic E-state index is 0.234. The number of hydrogen-bond donors (Lipinski definition) is 1. The van der Waals surface area contributed by atoms with Crippen LogP contribution in [0.15, 0.2) is 53.4 Å². The lowest BCUT2D eigenvalue weighted by molar-refractivity contribution is 0.579. The van der Waals surface area contributed by atoms with Gasteiger partial charge < -0.3 is 4.90 Å². The number of hydrogen-bond acceptors (Lipinski definition) is 3. The second kappa shape index (κ2) is 7.81. The Morgan fingerprint density at radius 2 is 1.61 bits per heavy atom. The van der Waals surface area contributed by atoms with Gasteiger partial charge in [0.05, 0.1) is 4.90 Å². The molecule has 0 aliphatic heterocycles. The van der Waals surface area contributed by atoms with Crippen molar-refractivity contribution in [3.63, 3.8) is 0 Å². The normalized spacial score (nSPS) is 11.4. The summed E-state index contributed by atoms with van der Waals surface area (Å²) in [6.07, 6.45) is 1.57. The Labute approximate surface area is 143 Å². The topological polar surface area (TPSA) is 49.4 Å². The quantitative estimate of drug-likeness (QED) is 0.778. The van der Waals surface area contributed by atoms with E-state index in [1.54, 1.807) is 12.1 Å². The summed E-state index contributed by atoms with van der Waals surface area (Å²) >= 11 is 5.77. The van der Waals surface area contributed by atoms with Crippen LogP contribution < -0.4 is 9.62 Å². The third-order valence-electron chi connectivity index (χ3n) is 3.51. The van der Waals surface area contributed by atoms with Gasteiger partial charge in [-0.1, -0.05) is 23.7 Å². The SMILES string of the molecule is CN(C)c1ccc(CCCNS(=O)(=O)c2ccc(Cl)cc2)cc1. The number of aryl methyl sites for hydroxylation is 1. The predicted octanol–water partition coefficient (Wildman–Crippen LogP) is 3.32. The Bertz CT molecular complexity index is 726. The first-order valence-electron chi connectivity index (χ1n) is 7.40.